The van der Waals surface area contributed by atoms with Crippen molar-refractivity contribution in [1.29, 1.82) is 0 Å². The molecule has 2 rings (SSSR count). The fraction of sp³-hybridized carbons (Fsp3) is 0.588. The first kappa shape index (κ1) is 15.8. The number of carbonyl (C=O) groups is 1. The SMILES string of the molecule is CCNC(C)c1ccc(OCCC(=O)NC2CC2)c(C)c1. The molecule has 1 aromatic carbocycles. The molecule has 0 aliphatic heterocycles. The third-order valence-corrected chi connectivity index (χ3v) is 3.74. The summed E-state index contributed by atoms with van der Waals surface area (Å²) in [5.74, 6) is 0.953. The predicted octanol–water partition coefficient (Wildman–Crippen LogP) is 2.71. The monoisotopic (exact) mass is 290 g/mol. The number of carbonyl (C=O) groups excluding carboxylic acids is 1. The first-order valence-electron chi connectivity index (χ1n) is 7.86. The molecule has 1 saturated carbocycles. The van der Waals surface area contributed by atoms with Crippen LogP contribution in [-0.4, -0.2) is 25.1 Å². The van der Waals surface area contributed by atoms with Gasteiger partial charge in [-0.15, -0.1) is 0 Å². The molecule has 4 nitrogen and oxygen atoms in total. The van der Waals surface area contributed by atoms with Crippen molar-refractivity contribution >= 4 is 5.91 Å². The standard InChI is InChI=1S/C17H26N2O2/c1-4-18-13(3)14-5-8-16(12(2)11-14)21-10-9-17(20)19-15-6-7-15/h5,8,11,13,15,18H,4,6-7,9-10H2,1-3H3,(H,19,20). The lowest BCUT2D eigenvalue weighted by atomic mass is 10.1. The van der Waals surface area contributed by atoms with Crippen molar-refractivity contribution in [3.8, 4) is 5.75 Å². The molecular formula is C17H26N2O2. The van der Waals surface area contributed by atoms with Gasteiger partial charge < -0.3 is 15.4 Å². The highest BCUT2D eigenvalue weighted by atomic mass is 16.5. The van der Waals surface area contributed by atoms with Crippen LogP contribution in [0.4, 0.5) is 0 Å². The van der Waals surface area contributed by atoms with Gasteiger partial charge >= 0.3 is 0 Å². The average molecular weight is 290 g/mol. The molecule has 4 heteroatoms. The maximum Gasteiger partial charge on any atom is 0.223 e. The Labute approximate surface area is 127 Å². The maximum absolute atomic E-state index is 11.6. The zero-order chi connectivity index (χ0) is 15.2. The number of nitrogens with one attached hydrogen (secondary N) is 2. The Kier molecular flexibility index (Phi) is 5.62. The average Bonchev–Trinajstić information content (AvgIpc) is 3.24. The van der Waals surface area contributed by atoms with E-state index in [1.165, 1.54) is 5.56 Å². The van der Waals surface area contributed by atoms with E-state index < -0.39 is 0 Å². The minimum absolute atomic E-state index is 0.0903. The van der Waals surface area contributed by atoms with Crippen molar-refractivity contribution in [2.24, 2.45) is 0 Å². The minimum atomic E-state index is 0.0903. The van der Waals surface area contributed by atoms with E-state index in [2.05, 4.69) is 36.6 Å². The second-order valence-electron chi connectivity index (χ2n) is 5.74. The smallest absolute Gasteiger partial charge is 0.223 e. The van der Waals surface area contributed by atoms with E-state index in [0.717, 1.165) is 30.7 Å². The summed E-state index contributed by atoms with van der Waals surface area (Å²) in [5.41, 5.74) is 2.37. The fourth-order valence-corrected chi connectivity index (χ4v) is 2.31. The Hall–Kier alpha value is -1.55. The molecule has 0 spiro atoms. The molecule has 1 aromatic rings. The summed E-state index contributed by atoms with van der Waals surface area (Å²) in [4.78, 5) is 11.6. The number of amides is 1. The van der Waals surface area contributed by atoms with Gasteiger partial charge in [-0.2, -0.15) is 0 Å². The number of ether oxygens (including phenoxy) is 1. The third-order valence-electron chi connectivity index (χ3n) is 3.74. The van der Waals surface area contributed by atoms with Crippen molar-refractivity contribution in [1.82, 2.24) is 10.6 Å². The van der Waals surface area contributed by atoms with Crippen LogP contribution >= 0.6 is 0 Å². The van der Waals surface area contributed by atoms with Crippen LogP contribution < -0.4 is 15.4 Å². The number of rotatable bonds is 8. The molecule has 1 unspecified atom stereocenters. The van der Waals surface area contributed by atoms with E-state index in [9.17, 15) is 4.79 Å². The maximum atomic E-state index is 11.6. The highest BCUT2D eigenvalue weighted by molar-refractivity contribution is 5.76. The Morgan fingerprint density at radius 2 is 2.19 bits per heavy atom. The molecule has 21 heavy (non-hydrogen) atoms. The first-order valence-corrected chi connectivity index (χ1v) is 7.86. The van der Waals surface area contributed by atoms with Gasteiger partial charge in [-0.05, 0) is 50.4 Å². The van der Waals surface area contributed by atoms with Crippen molar-refractivity contribution < 1.29 is 9.53 Å². The largest absolute Gasteiger partial charge is 0.493 e. The van der Waals surface area contributed by atoms with Crippen molar-refractivity contribution in [2.75, 3.05) is 13.2 Å². The molecule has 1 atom stereocenters. The Morgan fingerprint density at radius 3 is 2.81 bits per heavy atom. The summed E-state index contributed by atoms with van der Waals surface area (Å²) in [6, 6.07) is 6.99. The van der Waals surface area contributed by atoms with Crippen LogP contribution in [0, 0.1) is 6.92 Å². The van der Waals surface area contributed by atoms with Crippen LogP contribution in [0.15, 0.2) is 18.2 Å². The number of benzene rings is 1. The number of hydrogen-bond acceptors (Lipinski definition) is 3. The summed E-state index contributed by atoms with van der Waals surface area (Å²) in [7, 11) is 0. The molecule has 0 aromatic heterocycles. The molecule has 116 valence electrons. The highest BCUT2D eigenvalue weighted by Crippen LogP contribution is 2.23. The minimum Gasteiger partial charge on any atom is -0.493 e. The fourth-order valence-electron chi connectivity index (χ4n) is 2.31. The lowest BCUT2D eigenvalue weighted by Crippen LogP contribution is -2.26. The van der Waals surface area contributed by atoms with Gasteiger partial charge in [-0.1, -0.05) is 19.1 Å². The Balaban J connectivity index is 1.81. The van der Waals surface area contributed by atoms with E-state index in [4.69, 9.17) is 4.74 Å². The van der Waals surface area contributed by atoms with E-state index in [1.54, 1.807) is 0 Å². The van der Waals surface area contributed by atoms with Gasteiger partial charge in [0.1, 0.15) is 5.75 Å². The lowest BCUT2D eigenvalue weighted by Gasteiger charge is -2.15. The molecule has 1 aliphatic carbocycles. The summed E-state index contributed by atoms with van der Waals surface area (Å²) in [6.07, 6.45) is 2.67. The van der Waals surface area contributed by atoms with Crippen molar-refractivity contribution in [3.63, 3.8) is 0 Å². The van der Waals surface area contributed by atoms with Crippen LogP contribution in [0.5, 0.6) is 5.75 Å². The molecular weight excluding hydrogens is 264 g/mol. The predicted molar refractivity (Wildman–Crippen MR) is 84.5 cm³/mol. The molecule has 2 N–H and O–H groups in total. The van der Waals surface area contributed by atoms with Crippen LogP contribution in [0.3, 0.4) is 0 Å². The van der Waals surface area contributed by atoms with Gasteiger partial charge in [-0.3, -0.25) is 4.79 Å². The van der Waals surface area contributed by atoms with Gasteiger partial charge in [-0.25, -0.2) is 0 Å². The van der Waals surface area contributed by atoms with Crippen molar-refractivity contribution in [2.45, 2.75) is 52.1 Å². The quantitative estimate of drug-likeness (QED) is 0.774. The normalized spacial score (nSPS) is 15.6. The molecule has 1 aliphatic rings. The zero-order valence-corrected chi connectivity index (χ0v) is 13.2. The molecule has 1 amide bonds. The highest BCUT2D eigenvalue weighted by Gasteiger charge is 2.22. The Bertz CT molecular complexity index is 484. The van der Waals surface area contributed by atoms with Gasteiger partial charge in [0.25, 0.3) is 0 Å². The second kappa shape index (κ2) is 7.46. The van der Waals surface area contributed by atoms with Crippen LogP contribution in [0.25, 0.3) is 0 Å². The van der Waals surface area contributed by atoms with E-state index in [-0.39, 0.29) is 5.91 Å². The summed E-state index contributed by atoms with van der Waals surface area (Å²) >= 11 is 0. The summed E-state index contributed by atoms with van der Waals surface area (Å²) < 4.78 is 5.72. The van der Waals surface area contributed by atoms with Gasteiger partial charge in [0.15, 0.2) is 0 Å². The molecule has 1 fully saturated rings. The molecule has 0 bridgehead atoms. The van der Waals surface area contributed by atoms with E-state index >= 15 is 0 Å². The lowest BCUT2D eigenvalue weighted by molar-refractivity contribution is -0.121. The van der Waals surface area contributed by atoms with Gasteiger partial charge in [0.2, 0.25) is 5.91 Å². The van der Waals surface area contributed by atoms with Crippen LogP contribution in [0.2, 0.25) is 0 Å². The van der Waals surface area contributed by atoms with Crippen LogP contribution in [0.1, 0.15) is 50.3 Å². The third kappa shape index (κ3) is 5.05. The molecule has 0 heterocycles. The van der Waals surface area contributed by atoms with Gasteiger partial charge in [0, 0.05) is 12.1 Å². The number of hydrogen-bond donors (Lipinski definition) is 2. The molecule has 0 saturated heterocycles. The van der Waals surface area contributed by atoms with E-state index in [0.29, 0.717) is 25.1 Å². The summed E-state index contributed by atoms with van der Waals surface area (Å²) in [6.45, 7) is 7.69. The zero-order valence-electron chi connectivity index (χ0n) is 13.2. The van der Waals surface area contributed by atoms with Crippen LogP contribution in [-0.2, 0) is 4.79 Å². The Morgan fingerprint density at radius 1 is 1.43 bits per heavy atom. The second-order valence-corrected chi connectivity index (χ2v) is 5.74. The summed E-state index contributed by atoms with van der Waals surface area (Å²) in [5, 5.41) is 6.36. The number of aryl methyl sites for hydroxylation is 1. The topological polar surface area (TPSA) is 50.4 Å². The van der Waals surface area contributed by atoms with E-state index in [1.807, 2.05) is 13.0 Å². The van der Waals surface area contributed by atoms with Crippen molar-refractivity contribution in [3.05, 3.63) is 29.3 Å². The molecule has 0 radical (unpaired) electrons. The van der Waals surface area contributed by atoms with Gasteiger partial charge in [0.05, 0.1) is 13.0 Å². The first-order chi connectivity index (χ1) is 10.1.